The fourth-order valence-corrected chi connectivity index (χ4v) is 1.94. The molecule has 1 N–H and O–H groups in total. The van der Waals surface area contributed by atoms with Crippen LogP contribution in [0.1, 0.15) is 16.7 Å². The van der Waals surface area contributed by atoms with E-state index < -0.39 is 11.7 Å². The Kier molecular flexibility index (Phi) is 3.45. The number of aromatic nitrogens is 2. The molecular formula is C13H11F3N2S. The zero-order valence-corrected chi connectivity index (χ0v) is 11.1. The summed E-state index contributed by atoms with van der Waals surface area (Å²) in [4.78, 5) is 0. The van der Waals surface area contributed by atoms with E-state index in [1.807, 2.05) is 6.92 Å². The van der Waals surface area contributed by atoms with Crippen molar-refractivity contribution in [2.45, 2.75) is 20.0 Å². The second-order valence-electron chi connectivity index (χ2n) is 4.23. The van der Waals surface area contributed by atoms with E-state index in [0.29, 0.717) is 15.9 Å². The van der Waals surface area contributed by atoms with Crippen LogP contribution in [0.25, 0.3) is 11.3 Å². The third-order valence-electron chi connectivity index (χ3n) is 2.99. The van der Waals surface area contributed by atoms with Crippen LogP contribution in [0.4, 0.5) is 13.2 Å². The average molecular weight is 284 g/mol. The third kappa shape index (κ3) is 2.68. The zero-order chi connectivity index (χ0) is 14.2. The first kappa shape index (κ1) is 13.7. The van der Waals surface area contributed by atoms with Crippen molar-refractivity contribution in [1.82, 2.24) is 10.2 Å². The van der Waals surface area contributed by atoms with Crippen molar-refractivity contribution in [3.63, 3.8) is 0 Å². The second kappa shape index (κ2) is 4.77. The van der Waals surface area contributed by atoms with Gasteiger partial charge in [0.15, 0.2) is 0 Å². The maximum absolute atomic E-state index is 12.7. The van der Waals surface area contributed by atoms with Crippen LogP contribution in [0.15, 0.2) is 24.3 Å². The maximum atomic E-state index is 12.7. The SMILES string of the molecule is Cc1c(-c2cccc(C(F)(F)F)c2)n[nH]c(=S)c1C. The lowest BCUT2D eigenvalue weighted by atomic mass is 10.0. The Labute approximate surface area is 113 Å². The van der Waals surface area contributed by atoms with E-state index in [1.54, 1.807) is 13.0 Å². The monoisotopic (exact) mass is 284 g/mol. The normalized spacial score (nSPS) is 11.6. The molecule has 1 aromatic heterocycles. The summed E-state index contributed by atoms with van der Waals surface area (Å²) < 4.78 is 38.5. The van der Waals surface area contributed by atoms with Gasteiger partial charge >= 0.3 is 6.18 Å². The van der Waals surface area contributed by atoms with Gasteiger partial charge in [0.05, 0.1) is 11.3 Å². The van der Waals surface area contributed by atoms with Crippen molar-refractivity contribution >= 4 is 12.2 Å². The van der Waals surface area contributed by atoms with Gasteiger partial charge in [-0.1, -0.05) is 24.4 Å². The van der Waals surface area contributed by atoms with Crippen LogP contribution in [0.5, 0.6) is 0 Å². The summed E-state index contributed by atoms with van der Waals surface area (Å²) in [6, 6.07) is 5.10. The summed E-state index contributed by atoms with van der Waals surface area (Å²) in [7, 11) is 0. The lowest BCUT2D eigenvalue weighted by Crippen LogP contribution is -2.05. The Hall–Kier alpha value is -1.69. The summed E-state index contributed by atoms with van der Waals surface area (Å²) in [5.74, 6) is 0. The highest BCUT2D eigenvalue weighted by Crippen LogP contribution is 2.32. The molecule has 0 aliphatic rings. The molecule has 100 valence electrons. The molecule has 0 amide bonds. The highest BCUT2D eigenvalue weighted by molar-refractivity contribution is 7.71. The molecule has 0 saturated carbocycles. The van der Waals surface area contributed by atoms with Crippen molar-refractivity contribution in [2.24, 2.45) is 0 Å². The first-order chi connectivity index (χ1) is 8.80. The molecule has 0 radical (unpaired) electrons. The van der Waals surface area contributed by atoms with Gasteiger partial charge in [0.1, 0.15) is 4.64 Å². The molecule has 19 heavy (non-hydrogen) atoms. The van der Waals surface area contributed by atoms with E-state index in [4.69, 9.17) is 12.2 Å². The van der Waals surface area contributed by atoms with Crippen molar-refractivity contribution < 1.29 is 13.2 Å². The van der Waals surface area contributed by atoms with Crippen LogP contribution in [0.3, 0.4) is 0 Å². The first-order valence-corrected chi connectivity index (χ1v) is 5.95. The van der Waals surface area contributed by atoms with Gasteiger partial charge in [-0.05, 0) is 37.1 Å². The van der Waals surface area contributed by atoms with Gasteiger partial charge in [-0.25, -0.2) is 0 Å². The fraction of sp³-hybridized carbons (Fsp3) is 0.231. The molecule has 0 bridgehead atoms. The Morgan fingerprint density at radius 3 is 2.47 bits per heavy atom. The van der Waals surface area contributed by atoms with Crippen molar-refractivity contribution in [2.75, 3.05) is 0 Å². The lowest BCUT2D eigenvalue weighted by Gasteiger charge is -2.11. The minimum Gasteiger partial charge on any atom is -0.267 e. The number of benzene rings is 1. The molecule has 0 atom stereocenters. The minimum atomic E-state index is -4.36. The van der Waals surface area contributed by atoms with Crippen molar-refractivity contribution in [3.8, 4) is 11.3 Å². The van der Waals surface area contributed by atoms with E-state index in [0.717, 1.165) is 23.3 Å². The highest BCUT2D eigenvalue weighted by atomic mass is 32.1. The van der Waals surface area contributed by atoms with Crippen LogP contribution in [0, 0.1) is 18.5 Å². The Balaban J connectivity index is 2.61. The molecule has 0 fully saturated rings. The van der Waals surface area contributed by atoms with Crippen molar-refractivity contribution in [3.05, 3.63) is 45.6 Å². The number of nitrogens with one attached hydrogen (secondary N) is 1. The smallest absolute Gasteiger partial charge is 0.267 e. The Morgan fingerprint density at radius 2 is 1.84 bits per heavy atom. The summed E-state index contributed by atoms with van der Waals surface area (Å²) in [6.07, 6.45) is -4.36. The van der Waals surface area contributed by atoms with Gasteiger partial charge in [-0.3, -0.25) is 5.10 Å². The van der Waals surface area contributed by atoms with E-state index in [9.17, 15) is 13.2 Å². The summed E-state index contributed by atoms with van der Waals surface area (Å²) in [5, 5.41) is 6.68. The van der Waals surface area contributed by atoms with Crippen LogP contribution in [-0.4, -0.2) is 10.2 Å². The summed E-state index contributed by atoms with van der Waals surface area (Å²) in [5.41, 5.74) is 1.81. The molecule has 2 nitrogen and oxygen atoms in total. The van der Waals surface area contributed by atoms with E-state index in [2.05, 4.69) is 10.2 Å². The van der Waals surface area contributed by atoms with Crippen LogP contribution in [0.2, 0.25) is 0 Å². The maximum Gasteiger partial charge on any atom is 0.416 e. The quantitative estimate of drug-likeness (QED) is 0.784. The van der Waals surface area contributed by atoms with Gasteiger partial charge in [0.25, 0.3) is 0 Å². The number of alkyl halides is 3. The largest absolute Gasteiger partial charge is 0.416 e. The average Bonchev–Trinajstić information content (AvgIpc) is 2.35. The van der Waals surface area contributed by atoms with Crippen LogP contribution >= 0.6 is 12.2 Å². The van der Waals surface area contributed by atoms with Gasteiger partial charge < -0.3 is 0 Å². The van der Waals surface area contributed by atoms with Gasteiger partial charge in [0.2, 0.25) is 0 Å². The molecule has 0 aliphatic carbocycles. The number of halogens is 3. The molecule has 2 aromatic rings. The van der Waals surface area contributed by atoms with Gasteiger partial charge in [-0.2, -0.15) is 18.3 Å². The molecule has 2 rings (SSSR count). The topological polar surface area (TPSA) is 28.7 Å². The summed E-state index contributed by atoms with van der Waals surface area (Å²) >= 11 is 5.04. The molecule has 0 spiro atoms. The van der Waals surface area contributed by atoms with Gasteiger partial charge in [0, 0.05) is 5.56 Å². The molecule has 0 unspecified atom stereocenters. The molecule has 6 heteroatoms. The van der Waals surface area contributed by atoms with E-state index in [-0.39, 0.29) is 0 Å². The Bertz CT molecular complexity index is 674. The number of nitrogens with zero attached hydrogens (tertiary/aromatic N) is 1. The van der Waals surface area contributed by atoms with Crippen molar-refractivity contribution in [1.29, 1.82) is 0 Å². The van der Waals surface area contributed by atoms with Crippen LogP contribution < -0.4 is 0 Å². The third-order valence-corrected chi connectivity index (χ3v) is 3.39. The number of aromatic amines is 1. The molecule has 1 heterocycles. The second-order valence-corrected chi connectivity index (χ2v) is 4.64. The number of rotatable bonds is 1. The highest BCUT2D eigenvalue weighted by Gasteiger charge is 2.30. The van der Waals surface area contributed by atoms with Crippen LogP contribution in [-0.2, 0) is 6.18 Å². The predicted octanol–water partition coefficient (Wildman–Crippen LogP) is 4.44. The summed E-state index contributed by atoms with van der Waals surface area (Å²) in [6.45, 7) is 3.61. The van der Waals surface area contributed by atoms with Gasteiger partial charge in [-0.15, -0.1) is 0 Å². The Morgan fingerprint density at radius 1 is 1.16 bits per heavy atom. The molecule has 0 saturated heterocycles. The number of hydrogen-bond donors (Lipinski definition) is 1. The first-order valence-electron chi connectivity index (χ1n) is 5.54. The zero-order valence-electron chi connectivity index (χ0n) is 10.3. The van der Waals surface area contributed by atoms with E-state index in [1.165, 1.54) is 6.07 Å². The predicted molar refractivity (Wildman–Crippen MR) is 69.3 cm³/mol. The number of H-pyrrole nitrogens is 1. The lowest BCUT2D eigenvalue weighted by molar-refractivity contribution is -0.137. The van der Waals surface area contributed by atoms with E-state index >= 15 is 0 Å². The molecular weight excluding hydrogens is 273 g/mol. The standard InChI is InChI=1S/C13H11F3N2S/c1-7-8(2)12(19)18-17-11(7)9-4-3-5-10(6-9)13(14,15)16/h3-6H,1-2H3,(H,18,19). The number of hydrogen-bond acceptors (Lipinski definition) is 2. The fourth-order valence-electron chi connectivity index (χ4n) is 1.75. The molecule has 1 aromatic carbocycles. The minimum absolute atomic E-state index is 0.418. The molecule has 0 aliphatic heterocycles.